The number of unbranched alkanes of at least 4 members (excludes halogenated alkanes) is 4. The van der Waals surface area contributed by atoms with Crippen molar-refractivity contribution in [1.29, 1.82) is 0 Å². The van der Waals surface area contributed by atoms with E-state index in [9.17, 15) is 83.4 Å². The lowest BCUT2D eigenvalue weighted by Crippen LogP contribution is -2.51. The number of Topliss-reactive ketones (excluding diaryl/α,β-unsaturated/α-hetero) is 2. The summed E-state index contributed by atoms with van der Waals surface area (Å²) in [6, 6.07) is 5.07. The number of carbonyl (C=O) groups is 11. The molecular formula is C54H79N7O18. The molecular weight excluding hydrogens is 1030 g/mol. The second-order valence-corrected chi connectivity index (χ2v) is 19.4. The smallest absolute Gasteiger partial charge is 0.326 e. The van der Waals surface area contributed by atoms with Crippen LogP contribution in [-0.4, -0.2) is 168 Å². The summed E-state index contributed by atoms with van der Waals surface area (Å²) < 4.78 is 0. The van der Waals surface area contributed by atoms with Gasteiger partial charge in [0, 0.05) is 95.8 Å². The van der Waals surface area contributed by atoms with E-state index < -0.39 is 73.5 Å². The lowest BCUT2D eigenvalue weighted by Gasteiger charge is -2.26. The first kappa shape index (κ1) is 67.4. The summed E-state index contributed by atoms with van der Waals surface area (Å²) in [6.45, 7) is 2.85. The van der Waals surface area contributed by atoms with Crippen LogP contribution in [0.3, 0.4) is 0 Å². The second kappa shape index (κ2) is 37.2. The summed E-state index contributed by atoms with van der Waals surface area (Å²) in [5.41, 5.74) is 2.28. The molecule has 2 rings (SSSR count). The molecule has 2 aromatic carbocycles. The van der Waals surface area contributed by atoms with Gasteiger partial charge in [0.05, 0.1) is 13.1 Å². The van der Waals surface area contributed by atoms with Gasteiger partial charge in [-0.3, -0.25) is 48.2 Å². The normalized spacial score (nSPS) is 12.2. The molecule has 0 aliphatic carbocycles. The maximum absolute atomic E-state index is 12.8. The van der Waals surface area contributed by atoms with E-state index in [1.807, 2.05) is 0 Å². The van der Waals surface area contributed by atoms with Crippen LogP contribution in [0.25, 0.3) is 0 Å². The molecule has 25 heteroatoms. The number of carbonyl (C=O) groups excluding carboxylic acids is 6. The van der Waals surface area contributed by atoms with Crippen molar-refractivity contribution in [1.82, 2.24) is 36.4 Å². The number of hydrogen-bond donors (Lipinski definition) is 12. The van der Waals surface area contributed by atoms with Crippen molar-refractivity contribution in [2.75, 3.05) is 39.3 Å². The van der Waals surface area contributed by atoms with E-state index >= 15 is 0 Å². The third-order valence-electron chi connectivity index (χ3n) is 12.6. The largest absolute Gasteiger partial charge is 0.508 e. The quantitative estimate of drug-likeness (QED) is 0.0424. The third kappa shape index (κ3) is 30.2. The number of phenolic OH excluding ortho intramolecular Hbond substituents is 2. The van der Waals surface area contributed by atoms with Gasteiger partial charge < -0.3 is 62.3 Å². The molecule has 2 aromatic rings. The minimum Gasteiger partial charge on any atom is -0.508 e. The Labute approximate surface area is 458 Å². The molecule has 438 valence electrons. The predicted octanol–water partition coefficient (Wildman–Crippen LogP) is 3.08. The molecule has 12 N–H and O–H groups in total. The molecule has 0 heterocycles. The SMILES string of the molecule is CCC(NC(C)=O)C(=O)NCCCC(=O)CCc1ccc(O)c(CN(CCN(CC(=O)O)Cc2cc(CCC(=O)CCCCCCC(=O)NCCCCC(NC(=O)NC(CCC(=O)O)C(=O)O)C(=O)O)ccc2O)CC(=O)O)c1. The highest BCUT2D eigenvalue weighted by atomic mass is 16.4. The molecule has 3 unspecified atom stereocenters. The van der Waals surface area contributed by atoms with Gasteiger partial charge in [-0.15, -0.1) is 0 Å². The highest BCUT2D eigenvalue weighted by molar-refractivity contribution is 5.87. The van der Waals surface area contributed by atoms with Crippen LogP contribution in [-0.2, 0) is 73.9 Å². The van der Waals surface area contributed by atoms with Gasteiger partial charge in [0.15, 0.2) is 0 Å². The summed E-state index contributed by atoms with van der Waals surface area (Å²) in [5.74, 6) is -7.43. The Morgan fingerprint density at radius 2 is 0.987 bits per heavy atom. The van der Waals surface area contributed by atoms with Gasteiger partial charge in [0.25, 0.3) is 0 Å². The Morgan fingerprint density at radius 3 is 1.46 bits per heavy atom. The lowest BCUT2D eigenvalue weighted by molar-refractivity contribution is -0.141. The maximum Gasteiger partial charge on any atom is 0.326 e. The number of ketones is 2. The number of phenols is 2. The first-order valence-electron chi connectivity index (χ1n) is 26.5. The molecule has 0 aromatic heterocycles. The van der Waals surface area contributed by atoms with Crippen LogP contribution in [0.15, 0.2) is 36.4 Å². The van der Waals surface area contributed by atoms with E-state index in [0.717, 1.165) is 11.1 Å². The van der Waals surface area contributed by atoms with E-state index in [1.54, 1.807) is 31.2 Å². The number of benzene rings is 2. The number of aromatic hydroxyl groups is 2. The molecule has 0 bridgehead atoms. The van der Waals surface area contributed by atoms with Gasteiger partial charge in [-0.2, -0.15) is 0 Å². The first-order chi connectivity index (χ1) is 37.4. The Balaban J connectivity index is 1.80. The van der Waals surface area contributed by atoms with Crippen LogP contribution in [0.5, 0.6) is 11.5 Å². The third-order valence-corrected chi connectivity index (χ3v) is 12.6. The standard InChI is InChI=1S/C54H79N7O18/c1-3-42(57-35(2)62)51(74)56-26-10-12-41(64)20-16-37-18-23-46(66)39(30-37)32-61(34-50(72)73)28-27-60(33-49(70)71)31-38-29-36(17-22-45(38)65)15-19-40(63)11-6-4-5-7-14-47(67)55-25-9-8-13-43(52(75)76)58-54(79)59-44(53(77)78)21-24-48(68)69/h17-18,22-23,29-30,42-44,65-66H,3-16,19-21,24-28,31-34H2,1-2H3,(H,55,67)(H,56,74)(H,57,62)(H,68,69)(H,70,71)(H,72,73)(H,75,76)(H,77,78)(H2,58,59,79). The van der Waals surface area contributed by atoms with Crippen LogP contribution in [0.2, 0.25) is 0 Å². The van der Waals surface area contributed by atoms with Crippen LogP contribution >= 0.6 is 0 Å². The van der Waals surface area contributed by atoms with Crippen molar-refractivity contribution in [2.24, 2.45) is 0 Å². The zero-order valence-corrected chi connectivity index (χ0v) is 45.1. The highest BCUT2D eigenvalue weighted by Gasteiger charge is 2.25. The number of nitrogens with zero attached hydrogens (tertiary/aromatic N) is 2. The molecule has 25 nitrogen and oxygen atoms in total. The number of hydrogen-bond acceptors (Lipinski definition) is 15. The molecule has 5 amide bonds. The number of rotatable bonds is 43. The first-order valence-corrected chi connectivity index (χ1v) is 26.5. The molecule has 79 heavy (non-hydrogen) atoms. The summed E-state index contributed by atoms with van der Waals surface area (Å²) in [6.07, 6.45) is 5.13. The number of carboxylic acids is 5. The maximum atomic E-state index is 12.8. The van der Waals surface area contributed by atoms with Crippen molar-refractivity contribution in [3.8, 4) is 11.5 Å². The topological polar surface area (TPSA) is 396 Å². The molecule has 0 spiro atoms. The monoisotopic (exact) mass is 1110 g/mol. The summed E-state index contributed by atoms with van der Waals surface area (Å²) in [4.78, 5) is 134. The van der Waals surface area contributed by atoms with E-state index in [0.29, 0.717) is 81.8 Å². The number of aliphatic carboxylic acids is 5. The van der Waals surface area contributed by atoms with Gasteiger partial charge >= 0.3 is 35.9 Å². The zero-order valence-electron chi connectivity index (χ0n) is 45.1. The van der Waals surface area contributed by atoms with E-state index in [4.69, 9.17) is 5.11 Å². The zero-order chi connectivity index (χ0) is 58.9. The lowest BCUT2D eigenvalue weighted by atomic mass is 10.0. The van der Waals surface area contributed by atoms with Gasteiger partial charge in [-0.05, 0) is 87.5 Å². The highest BCUT2D eigenvalue weighted by Crippen LogP contribution is 2.24. The minimum atomic E-state index is -1.52. The summed E-state index contributed by atoms with van der Waals surface area (Å²) >= 11 is 0. The molecule has 3 atom stereocenters. The molecule has 0 fully saturated rings. The fourth-order valence-electron chi connectivity index (χ4n) is 8.35. The average molecular weight is 1110 g/mol. The van der Waals surface area contributed by atoms with Crippen molar-refractivity contribution in [2.45, 2.75) is 161 Å². The van der Waals surface area contributed by atoms with Crippen molar-refractivity contribution in [3.05, 3.63) is 58.7 Å². The van der Waals surface area contributed by atoms with E-state index in [-0.39, 0.29) is 119 Å². The second-order valence-electron chi connectivity index (χ2n) is 19.4. The predicted molar refractivity (Wildman–Crippen MR) is 285 cm³/mol. The molecule has 0 saturated heterocycles. The minimum absolute atomic E-state index is 0.00590. The van der Waals surface area contributed by atoms with Crippen molar-refractivity contribution < 1.29 is 88.5 Å². The fourth-order valence-corrected chi connectivity index (χ4v) is 8.35. The average Bonchev–Trinajstić information content (AvgIpc) is 3.38. The Bertz CT molecular complexity index is 2380. The Hall–Kier alpha value is -7.67. The number of aryl methyl sites for hydroxylation is 2. The van der Waals surface area contributed by atoms with Gasteiger partial charge in [0.2, 0.25) is 17.7 Å². The van der Waals surface area contributed by atoms with E-state index in [2.05, 4.69) is 26.6 Å². The fraction of sp³-hybridized carbons (Fsp3) is 0.574. The molecule has 0 saturated carbocycles. The molecule has 0 aliphatic heterocycles. The van der Waals surface area contributed by atoms with Crippen molar-refractivity contribution >= 4 is 65.2 Å². The van der Waals surface area contributed by atoms with Crippen LogP contribution in [0.1, 0.15) is 139 Å². The van der Waals surface area contributed by atoms with Gasteiger partial charge in [-0.1, -0.05) is 44.0 Å². The van der Waals surface area contributed by atoms with Gasteiger partial charge in [0.1, 0.15) is 41.2 Å². The molecule has 0 radical (unpaired) electrons. The number of amides is 5. The van der Waals surface area contributed by atoms with Crippen molar-refractivity contribution in [3.63, 3.8) is 0 Å². The van der Waals surface area contributed by atoms with Crippen LogP contribution in [0.4, 0.5) is 4.79 Å². The van der Waals surface area contributed by atoms with Crippen LogP contribution < -0.4 is 26.6 Å². The molecule has 0 aliphatic rings. The number of carboxylic acid groups (broad SMARTS) is 5. The number of urea groups is 1. The Morgan fingerprint density at radius 1 is 0.506 bits per heavy atom. The van der Waals surface area contributed by atoms with Crippen LogP contribution in [0, 0.1) is 0 Å². The summed E-state index contributed by atoms with van der Waals surface area (Å²) in [7, 11) is 0. The Kier molecular flexibility index (Phi) is 31.8. The summed E-state index contributed by atoms with van der Waals surface area (Å²) in [5, 5.41) is 80.7. The number of nitrogens with one attached hydrogen (secondary N) is 5. The van der Waals surface area contributed by atoms with Gasteiger partial charge in [-0.25, -0.2) is 14.4 Å². The van der Waals surface area contributed by atoms with E-state index in [1.165, 1.54) is 28.9 Å².